The van der Waals surface area contributed by atoms with Crippen LogP contribution in [0.1, 0.15) is 10.8 Å². The Balaban J connectivity index is 2.36. The van der Waals surface area contributed by atoms with E-state index >= 15 is 0 Å². The Hall–Kier alpha value is -2.39. The van der Waals surface area contributed by atoms with Crippen LogP contribution in [0.3, 0.4) is 0 Å². The van der Waals surface area contributed by atoms with Gasteiger partial charge in [-0.3, -0.25) is 20.0 Å². The molecule has 1 amide bonds. The zero-order valence-electron chi connectivity index (χ0n) is 10.1. The van der Waals surface area contributed by atoms with Gasteiger partial charge in [0.05, 0.1) is 0 Å². The second-order valence-corrected chi connectivity index (χ2v) is 4.82. The predicted molar refractivity (Wildman–Crippen MR) is 72.8 cm³/mol. The number of aromatic amines is 2. The van der Waals surface area contributed by atoms with Crippen LogP contribution in [0.15, 0.2) is 44.9 Å². The van der Waals surface area contributed by atoms with E-state index in [4.69, 9.17) is 5.84 Å². The number of thioether (sulfide) groups is 1. The number of amides is 1. The zero-order valence-corrected chi connectivity index (χ0v) is 10.9. The molecule has 0 aliphatic carbocycles. The molecule has 0 aliphatic rings. The summed E-state index contributed by atoms with van der Waals surface area (Å²) in [4.78, 5) is 36.4. The molecule has 0 unspecified atom stereocenters. The Labute approximate surface area is 116 Å². The molecule has 0 aliphatic heterocycles. The molecule has 1 aromatic heterocycles. The average molecular weight is 293 g/mol. The average Bonchev–Trinajstić information content (AvgIpc) is 2.46. The number of carbonyl (C=O) groups is 1. The van der Waals surface area contributed by atoms with Crippen LogP contribution in [0.4, 0.5) is 0 Å². The van der Waals surface area contributed by atoms with Gasteiger partial charge in [-0.1, -0.05) is 42.1 Å². The van der Waals surface area contributed by atoms with Crippen LogP contribution >= 0.6 is 11.8 Å². The summed E-state index contributed by atoms with van der Waals surface area (Å²) >= 11 is 0.893. The first-order valence-electron chi connectivity index (χ1n) is 5.53. The second kappa shape index (κ2) is 6.17. The lowest BCUT2D eigenvalue weighted by Gasteiger charge is -2.13. The molecule has 8 nitrogen and oxygen atoms in total. The molecule has 9 heteroatoms. The fourth-order valence-corrected chi connectivity index (χ4v) is 2.45. The smallest absolute Gasteiger partial charge is 0.293 e. The molecule has 2 rings (SSSR count). The van der Waals surface area contributed by atoms with Gasteiger partial charge in [-0.05, 0) is 5.56 Å². The minimum absolute atomic E-state index is 0.0259. The fraction of sp³-hybridized carbons (Fsp3) is 0.0909. The van der Waals surface area contributed by atoms with Crippen LogP contribution in [-0.4, -0.2) is 21.1 Å². The van der Waals surface area contributed by atoms with E-state index in [1.54, 1.807) is 30.3 Å². The fourth-order valence-electron chi connectivity index (χ4n) is 1.50. The molecule has 0 saturated carbocycles. The van der Waals surface area contributed by atoms with Gasteiger partial charge >= 0.3 is 5.69 Å². The van der Waals surface area contributed by atoms with Gasteiger partial charge in [0.15, 0.2) is 5.03 Å². The van der Waals surface area contributed by atoms with Crippen molar-refractivity contribution in [3.05, 3.63) is 56.7 Å². The molecule has 0 spiro atoms. The number of benzene rings is 1. The van der Waals surface area contributed by atoms with Gasteiger partial charge in [0.2, 0.25) is 0 Å². The molecule has 0 bridgehead atoms. The highest BCUT2D eigenvalue weighted by Gasteiger charge is 2.23. The predicted octanol–water partition coefficient (Wildman–Crippen LogP) is -0.719. The van der Waals surface area contributed by atoms with E-state index in [1.165, 1.54) is 0 Å². The van der Waals surface area contributed by atoms with Crippen molar-refractivity contribution in [3.8, 4) is 0 Å². The Bertz CT molecular complexity index is 712. The summed E-state index contributed by atoms with van der Waals surface area (Å²) in [5, 5.41) is 4.96. The van der Waals surface area contributed by atoms with E-state index in [0.717, 1.165) is 11.8 Å². The molecule has 5 N–H and O–H groups in total. The molecule has 1 aromatic carbocycles. The third-order valence-electron chi connectivity index (χ3n) is 2.39. The summed E-state index contributed by atoms with van der Waals surface area (Å²) in [6, 6.07) is 8.78. The van der Waals surface area contributed by atoms with Gasteiger partial charge in [0.1, 0.15) is 5.25 Å². The van der Waals surface area contributed by atoms with Crippen LogP contribution < -0.4 is 22.5 Å². The molecule has 0 fully saturated rings. The van der Waals surface area contributed by atoms with Gasteiger partial charge in [-0.15, -0.1) is 0 Å². The van der Waals surface area contributed by atoms with E-state index in [-0.39, 0.29) is 5.03 Å². The lowest BCUT2D eigenvalue weighted by molar-refractivity contribution is -0.120. The lowest BCUT2D eigenvalue weighted by atomic mass is 10.1. The molecular formula is C11H11N5O3S. The first-order valence-corrected chi connectivity index (χ1v) is 6.41. The minimum atomic E-state index is -0.749. The van der Waals surface area contributed by atoms with Gasteiger partial charge in [-0.2, -0.15) is 5.10 Å². The van der Waals surface area contributed by atoms with Gasteiger partial charge < -0.3 is 0 Å². The number of hydrogen-bond donors (Lipinski definition) is 4. The molecule has 104 valence electrons. The quantitative estimate of drug-likeness (QED) is 0.254. The standard InChI is InChI=1S/C11H11N5O3S/c12-14-8(17)7(6-4-2-1-3-5-6)20-10-9(18)13-11(19)16-15-10/h1-5,7H,12H2,(H,14,17)(H2,13,16,18,19)/t7-/m1/s1. The number of nitrogens with zero attached hydrogens (tertiary/aromatic N) is 1. The Kier molecular flexibility index (Phi) is 4.33. The van der Waals surface area contributed by atoms with Crippen molar-refractivity contribution in [2.45, 2.75) is 10.3 Å². The van der Waals surface area contributed by atoms with Crippen molar-refractivity contribution in [1.29, 1.82) is 0 Å². The second-order valence-electron chi connectivity index (χ2n) is 3.73. The number of aromatic nitrogens is 3. The third-order valence-corrected chi connectivity index (χ3v) is 3.61. The van der Waals surface area contributed by atoms with Crippen LogP contribution in [0.2, 0.25) is 0 Å². The highest BCUT2D eigenvalue weighted by atomic mass is 32.2. The molecule has 1 atom stereocenters. The summed E-state index contributed by atoms with van der Waals surface area (Å²) in [6.07, 6.45) is 0. The summed E-state index contributed by atoms with van der Waals surface area (Å²) in [5.74, 6) is 4.67. The van der Waals surface area contributed by atoms with Crippen LogP contribution in [0.5, 0.6) is 0 Å². The monoisotopic (exact) mass is 293 g/mol. The van der Waals surface area contributed by atoms with Crippen molar-refractivity contribution < 1.29 is 4.79 Å². The maximum absolute atomic E-state index is 11.8. The SMILES string of the molecule is NNC(=O)[C@H](Sc1n[nH]c(=O)[nH]c1=O)c1ccccc1. The first kappa shape index (κ1) is 14.0. The summed E-state index contributed by atoms with van der Waals surface area (Å²) in [6.45, 7) is 0. The highest BCUT2D eigenvalue weighted by molar-refractivity contribution is 8.00. The lowest BCUT2D eigenvalue weighted by Crippen LogP contribution is -2.34. The first-order chi connectivity index (χ1) is 9.61. The molecule has 1 heterocycles. The van der Waals surface area contributed by atoms with E-state index in [0.29, 0.717) is 5.56 Å². The van der Waals surface area contributed by atoms with E-state index in [9.17, 15) is 14.4 Å². The van der Waals surface area contributed by atoms with Crippen LogP contribution in [-0.2, 0) is 4.79 Å². The molecule has 0 radical (unpaired) electrons. The topological polar surface area (TPSA) is 134 Å². The molecular weight excluding hydrogens is 282 g/mol. The number of nitrogens with two attached hydrogens (primary N) is 1. The zero-order chi connectivity index (χ0) is 14.5. The van der Waals surface area contributed by atoms with Gasteiger partial charge in [0.25, 0.3) is 11.5 Å². The molecule has 0 saturated heterocycles. The van der Waals surface area contributed by atoms with Gasteiger partial charge in [-0.25, -0.2) is 15.7 Å². The van der Waals surface area contributed by atoms with Crippen molar-refractivity contribution in [2.75, 3.05) is 0 Å². The number of hydrogen-bond acceptors (Lipinski definition) is 6. The van der Waals surface area contributed by atoms with Crippen LogP contribution in [0, 0.1) is 0 Å². The number of H-pyrrole nitrogens is 2. The normalized spacial score (nSPS) is 11.8. The number of nitrogens with one attached hydrogen (secondary N) is 3. The summed E-state index contributed by atoms with van der Waals surface area (Å²) in [5.41, 5.74) is 1.33. The minimum Gasteiger partial charge on any atom is -0.293 e. The van der Waals surface area contributed by atoms with Gasteiger partial charge in [0, 0.05) is 0 Å². The summed E-state index contributed by atoms with van der Waals surface area (Å²) in [7, 11) is 0. The van der Waals surface area contributed by atoms with Crippen molar-refractivity contribution in [2.24, 2.45) is 5.84 Å². The Morgan fingerprint density at radius 2 is 2.00 bits per heavy atom. The number of carbonyl (C=O) groups excluding carboxylic acids is 1. The molecule has 20 heavy (non-hydrogen) atoms. The van der Waals surface area contributed by atoms with Crippen molar-refractivity contribution in [1.82, 2.24) is 20.6 Å². The van der Waals surface area contributed by atoms with E-state index in [1.807, 2.05) is 10.4 Å². The Morgan fingerprint density at radius 1 is 1.30 bits per heavy atom. The maximum atomic E-state index is 11.8. The van der Waals surface area contributed by atoms with Crippen LogP contribution in [0.25, 0.3) is 0 Å². The summed E-state index contributed by atoms with van der Waals surface area (Å²) < 4.78 is 0. The molecule has 2 aromatic rings. The third kappa shape index (κ3) is 3.13. The number of rotatable bonds is 4. The van der Waals surface area contributed by atoms with Crippen molar-refractivity contribution >= 4 is 17.7 Å². The Morgan fingerprint density at radius 3 is 2.60 bits per heavy atom. The largest absolute Gasteiger partial charge is 0.342 e. The highest BCUT2D eigenvalue weighted by Crippen LogP contribution is 2.32. The van der Waals surface area contributed by atoms with E-state index in [2.05, 4.69) is 10.2 Å². The number of hydrazine groups is 1. The van der Waals surface area contributed by atoms with E-state index < -0.39 is 22.4 Å². The van der Waals surface area contributed by atoms with Crippen molar-refractivity contribution in [3.63, 3.8) is 0 Å². The maximum Gasteiger partial charge on any atom is 0.342 e.